The van der Waals surface area contributed by atoms with Gasteiger partial charge < -0.3 is 14.8 Å². The fourth-order valence-electron chi connectivity index (χ4n) is 1.89. The van der Waals surface area contributed by atoms with Crippen LogP contribution in [0.1, 0.15) is 19.1 Å². The topological polar surface area (TPSA) is 45.4 Å². The summed E-state index contributed by atoms with van der Waals surface area (Å²) in [5.74, 6) is 1.51. The molecule has 20 heavy (non-hydrogen) atoms. The van der Waals surface area contributed by atoms with Gasteiger partial charge in [0, 0.05) is 16.6 Å². The van der Waals surface area contributed by atoms with Crippen LogP contribution in [0.15, 0.2) is 34.7 Å². The molecule has 108 valence electrons. The van der Waals surface area contributed by atoms with E-state index in [1.807, 2.05) is 25.1 Å². The number of hydrogen-bond donors (Lipinski definition) is 2. The molecule has 2 rings (SSSR count). The summed E-state index contributed by atoms with van der Waals surface area (Å²) in [4.78, 5) is 0. The summed E-state index contributed by atoms with van der Waals surface area (Å²) in [7, 11) is 0. The minimum Gasteiger partial charge on any atom is -0.460 e. The maximum Gasteiger partial charge on any atom is 0.135 e. The van der Waals surface area contributed by atoms with Crippen LogP contribution in [0.2, 0.25) is 10.0 Å². The van der Waals surface area contributed by atoms with E-state index in [1.54, 1.807) is 12.1 Å². The van der Waals surface area contributed by atoms with Gasteiger partial charge in [-0.1, -0.05) is 30.1 Å². The lowest BCUT2D eigenvalue weighted by molar-refractivity contribution is 0.235. The van der Waals surface area contributed by atoms with Crippen LogP contribution in [0.25, 0.3) is 11.3 Å². The number of aliphatic hydroxyl groups excluding tert-OH is 1. The van der Waals surface area contributed by atoms with E-state index >= 15 is 0 Å². The van der Waals surface area contributed by atoms with E-state index in [1.165, 1.54) is 0 Å². The van der Waals surface area contributed by atoms with Crippen molar-refractivity contribution in [1.82, 2.24) is 5.32 Å². The number of hydrogen-bond acceptors (Lipinski definition) is 3. The zero-order valence-corrected chi connectivity index (χ0v) is 12.7. The van der Waals surface area contributed by atoms with Gasteiger partial charge in [0.25, 0.3) is 0 Å². The smallest absolute Gasteiger partial charge is 0.135 e. The third-order valence-corrected chi connectivity index (χ3v) is 3.68. The number of aliphatic hydroxyl groups is 1. The number of rotatable bonds is 6. The Morgan fingerprint density at radius 3 is 2.70 bits per heavy atom. The summed E-state index contributed by atoms with van der Waals surface area (Å²) >= 11 is 12.0. The number of furan rings is 1. The van der Waals surface area contributed by atoms with Gasteiger partial charge in [-0.2, -0.15) is 0 Å². The Balaban J connectivity index is 2.08. The minimum absolute atomic E-state index is 0.0858. The minimum atomic E-state index is 0.0858. The monoisotopic (exact) mass is 313 g/mol. The van der Waals surface area contributed by atoms with Crippen molar-refractivity contribution in [1.29, 1.82) is 0 Å². The molecule has 5 heteroatoms. The molecular formula is C15H17Cl2NO2. The zero-order chi connectivity index (χ0) is 14.5. The Labute approximate surface area is 128 Å². The summed E-state index contributed by atoms with van der Waals surface area (Å²) < 4.78 is 5.76. The molecule has 1 heterocycles. The Hall–Kier alpha value is -1.00. The molecule has 0 saturated carbocycles. The third-order valence-electron chi connectivity index (χ3n) is 3.14. The first-order valence-electron chi connectivity index (χ1n) is 6.52. The van der Waals surface area contributed by atoms with Gasteiger partial charge in [-0.05, 0) is 36.8 Å². The first kappa shape index (κ1) is 15.4. The normalized spacial score (nSPS) is 12.6. The second-order valence-corrected chi connectivity index (χ2v) is 5.40. The van der Waals surface area contributed by atoms with Crippen LogP contribution in [-0.2, 0) is 6.54 Å². The van der Waals surface area contributed by atoms with Crippen LogP contribution in [0.4, 0.5) is 0 Å². The molecule has 2 aromatic rings. The van der Waals surface area contributed by atoms with Gasteiger partial charge in [0.15, 0.2) is 0 Å². The standard InChI is InChI=1S/C15H17Cl2NO2/c1-2-11(9-19)18-8-12-4-6-15(20-12)13-5-3-10(16)7-14(13)17/h3-7,11,18-19H,2,8-9H2,1H3/t11-/m1/s1. The van der Waals surface area contributed by atoms with Crippen LogP contribution in [-0.4, -0.2) is 17.8 Å². The van der Waals surface area contributed by atoms with Gasteiger partial charge in [0.2, 0.25) is 0 Å². The molecule has 0 aliphatic rings. The number of nitrogens with one attached hydrogen (secondary N) is 1. The van der Waals surface area contributed by atoms with Crippen molar-refractivity contribution in [3.05, 3.63) is 46.1 Å². The highest BCUT2D eigenvalue weighted by molar-refractivity contribution is 6.36. The van der Waals surface area contributed by atoms with E-state index in [4.69, 9.17) is 32.7 Å². The highest BCUT2D eigenvalue weighted by Crippen LogP contribution is 2.31. The van der Waals surface area contributed by atoms with Crippen molar-refractivity contribution in [2.24, 2.45) is 0 Å². The predicted molar refractivity (Wildman–Crippen MR) is 82.2 cm³/mol. The Morgan fingerprint density at radius 2 is 2.05 bits per heavy atom. The molecule has 0 bridgehead atoms. The van der Waals surface area contributed by atoms with Crippen LogP contribution in [0.5, 0.6) is 0 Å². The number of halogens is 2. The first-order valence-corrected chi connectivity index (χ1v) is 7.28. The quantitative estimate of drug-likeness (QED) is 0.843. The molecular weight excluding hydrogens is 297 g/mol. The van der Waals surface area contributed by atoms with Crippen molar-refractivity contribution < 1.29 is 9.52 Å². The highest BCUT2D eigenvalue weighted by Gasteiger charge is 2.10. The van der Waals surface area contributed by atoms with Crippen molar-refractivity contribution >= 4 is 23.2 Å². The summed E-state index contributed by atoms with van der Waals surface area (Å²) in [6, 6.07) is 9.18. The molecule has 0 spiro atoms. The molecule has 1 aromatic carbocycles. The Kier molecular flexibility index (Phi) is 5.49. The highest BCUT2D eigenvalue weighted by atomic mass is 35.5. The molecule has 0 aliphatic heterocycles. The van der Waals surface area contributed by atoms with E-state index in [2.05, 4.69) is 5.32 Å². The molecule has 0 fully saturated rings. The van der Waals surface area contributed by atoms with Crippen molar-refractivity contribution in [2.45, 2.75) is 25.9 Å². The zero-order valence-electron chi connectivity index (χ0n) is 11.2. The van der Waals surface area contributed by atoms with Crippen molar-refractivity contribution in [3.63, 3.8) is 0 Å². The van der Waals surface area contributed by atoms with Crippen molar-refractivity contribution in [3.8, 4) is 11.3 Å². The average molecular weight is 314 g/mol. The van der Waals surface area contributed by atoms with Gasteiger partial charge in [-0.25, -0.2) is 0 Å². The molecule has 0 saturated heterocycles. The van der Waals surface area contributed by atoms with E-state index in [-0.39, 0.29) is 12.6 Å². The van der Waals surface area contributed by atoms with Gasteiger partial charge in [0.05, 0.1) is 18.2 Å². The van der Waals surface area contributed by atoms with E-state index in [0.29, 0.717) is 22.4 Å². The summed E-state index contributed by atoms with van der Waals surface area (Å²) in [5, 5.41) is 13.5. The van der Waals surface area contributed by atoms with Gasteiger partial charge in [-0.15, -0.1) is 0 Å². The Morgan fingerprint density at radius 1 is 1.25 bits per heavy atom. The molecule has 3 nitrogen and oxygen atoms in total. The summed E-state index contributed by atoms with van der Waals surface area (Å²) in [6.07, 6.45) is 0.868. The van der Waals surface area contributed by atoms with Gasteiger partial charge in [0.1, 0.15) is 11.5 Å². The van der Waals surface area contributed by atoms with E-state index < -0.39 is 0 Å². The van der Waals surface area contributed by atoms with Crippen LogP contribution in [0.3, 0.4) is 0 Å². The maximum atomic E-state index is 9.13. The molecule has 0 amide bonds. The largest absolute Gasteiger partial charge is 0.460 e. The average Bonchev–Trinajstić information content (AvgIpc) is 2.88. The molecule has 1 aromatic heterocycles. The van der Waals surface area contributed by atoms with Gasteiger partial charge >= 0.3 is 0 Å². The second kappa shape index (κ2) is 7.14. The van der Waals surface area contributed by atoms with Crippen molar-refractivity contribution in [2.75, 3.05) is 6.61 Å². The Bertz CT molecular complexity index is 565. The second-order valence-electron chi connectivity index (χ2n) is 4.56. The summed E-state index contributed by atoms with van der Waals surface area (Å²) in [5.41, 5.74) is 0.816. The van der Waals surface area contributed by atoms with Crippen LogP contribution < -0.4 is 5.32 Å². The molecule has 0 radical (unpaired) electrons. The molecule has 2 N–H and O–H groups in total. The van der Waals surface area contributed by atoms with Gasteiger partial charge in [-0.3, -0.25) is 0 Å². The van der Waals surface area contributed by atoms with E-state index in [0.717, 1.165) is 17.7 Å². The molecule has 0 aliphatic carbocycles. The first-order chi connectivity index (χ1) is 9.63. The predicted octanol–water partition coefficient (Wildman–Crippen LogP) is 4.11. The third kappa shape index (κ3) is 3.76. The number of benzene rings is 1. The fourth-order valence-corrected chi connectivity index (χ4v) is 2.39. The SMILES string of the molecule is CC[C@H](CO)NCc1ccc(-c2ccc(Cl)cc2Cl)o1. The lowest BCUT2D eigenvalue weighted by atomic mass is 10.2. The summed E-state index contributed by atoms with van der Waals surface area (Å²) in [6.45, 7) is 2.71. The van der Waals surface area contributed by atoms with Crippen LogP contribution in [0, 0.1) is 0 Å². The maximum absolute atomic E-state index is 9.13. The lowest BCUT2D eigenvalue weighted by Crippen LogP contribution is -2.30. The van der Waals surface area contributed by atoms with Crippen LogP contribution >= 0.6 is 23.2 Å². The molecule has 1 atom stereocenters. The fraction of sp³-hybridized carbons (Fsp3) is 0.333. The lowest BCUT2D eigenvalue weighted by Gasteiger charge is -2.12. The van der Waals surface area contributed by atoms with E-state index in [9.17, 15) is 0 Å². The molecule has 0 unspecified atom stereocenters.